The number of nitrogens with two attached hydrogens (primary N) is 1. The maximum absolute atomic E-state index is 5.82. The van der Waals surface area contributed by atoms with Crippen LogP contribution in [-0.4, -0.2) is 11.5 Å². The van der Waals surface area contributed by atoms with Crippen molar-refractivity contribution in [2.45, 2.75) is 13.8 Å². The number of nitrogens with zero attached hydrogens (tertiary/aromatic N) is 1. The van der Waals surface area contributed by atoms with E-state index in [1.165, 1.54) is 5.56 Å². The molecule has 19 heavy (non-hydrogen) atoms. The fraction of sp³-hybridized carbons (Fsp3) is 0.188. The maximum atomic E-state index is 5.82. The Bertz CT molecular complexity index is 593. The Hall–Kier alpha value is -1.87. The number of benzene rings is 2. The van der Waals surface area contributed by atoms with Crippen molar-refractivity contribution in [2.24, 2.45) is 5.73 Å². The summed E-state index contributed by atoms with van der Waals surface area (Å²) in [7, 11) is 0. The summed E-state index contributed by atoms with van der Waals surface area (Å²) in [6.45, 7) is 5.08. The zero-order chi connectivity index (χ0) is 13.8. The van der Waals surface area contributed by atoms with Gasteiger partial charge < -0.3 is 10.6 Å². The standard InChI is InChI=1S/C16H18N2S/c1-3-18(13-8-6-7-12(2)11-13)15-10-5-4-9-14(15)16(17)19/h4-11H,3H2,1-2H3,(H2,17,19). The van der Waals surface area contributed by atoms with Crippen LogP contribution in [-0.2, 0) is 0 Å². The van der Waals surface area contributed by atoms with Crippen molar-refractivity contribution in [3.63, 3.8) is 0 Å². The highest BCUT2D eigenvalue weighted by Gasteiger charge is 2.12. The van der Waals surface area contributed by atoms with E-state index in [1.807, 2.05) is 18.2 Å². The molecular formula is C16H18N2S. The number of para-hydroxylation sites is 1. The highest BCUT2D eigenvalue weighted by molar-refractivity contribution is 7.80. The SMILES string of the molecule is CCN(c1cccc(C)c1)c1ccccc1C(N)=S. The zero-order valence-electron chi connectivity index (χ0n) is 11.3. The highest BCUT2D eigenvalue weighted by atomic mass is 32.1. The molecule has 0 saturated heterocycles. The Labute approximate surface area is 119 Å². The molecule has 2 nitrogen and oxygen atoms in total. The first-order chi connectivity index (χ1) is 9.13. The minimum absolute atomic E-state index is 0.432. The van der Waals surface area contributed by atoms with E-state index in [0.717, 1.165) is 23.5 Å². The van der Waals surface area contributed by atoms with Crippen LogP contribution in [0.2, 0.25) is 0 Å². The molecule has 0 atom stereocenters. The van der Waals surface area contributed by atoms with Crippen molar-refractivity contribution >= 4 is 28.6 Å². The van der Waals surface area contributed by atoms with Crippen molar-refractivity contribution in [3.05, 3.63) is 59.7 Å². The van der Waals surface area contributed by atoms with Crippen LogP contribution in [0.15, 0.2) is 48.5 Å². The lowest BCUT2D eigenvalue weighted by Crippen LogP contribution is -2.21. The van der Waals surface area contributed by atoms with Gasteiger partial charge in [0.15, 0.2) is 0 Å². The molecule has 0 unspecified atom stereocenters. The molecule has 0 bridgehead atoms. The van der Waals surface area contributed by atoms with Gasteiger partial charge in [-0.25, -0.2) is 0 Å². The minimum Gasteiger partial charge on any atom is -0.389 e. The molecule has 0 fully saturated rings. The van der Waals surface area contributed by atoms with Crippen LogP contribution >= 0.6 is 12.2 Å². The van der Waals surface area contributed by atoms with Crippen molar-refractivity contribution in [3.8, 4) is 0 Å². The Morgan fingerprint density at radius 3 is 2.53 bits per heavy atom. The van der Waals surface area contributed by atoms with Crippen molar-refractivity contribution in [2.75, 3.05) is 11.4 Å². The van der Waals surface area contributed by atoms with Gasteiger partial charge in [0.25, 0.3) is 0 Å². The fourth-order valence-electron chi connectivity index (χ4n) is 2.21. The molecule has 0 aliphatic rings. The van der Waals surface area contributed by atoms with Gasteiger partial charge >= 0.3 is 0 Å². The summed E-state index contributed by atoms with van der Waals surface area (Å²) in [4.78, 5) is 2.66. The average molecular weight is 270 g/mol. The largest absolute Gasteiger partial charge is 0.389 e. The highest BCUT2D eigenvalue weighted by Crippen LogP contribution is 2.28. The van der Waals surface area contributed by atoms with E-state index in [1.54, 1.807) is 0 Å². The van der Waals surface area contributed by atoms with Gasteiger partial charge in [0, 0.05) is 17.8 Å². The van der Waals surface area contributed by atoms with E-state index < -0.39 is 0 Å². The van der Waals surface area contributed by atoms with Gasteiger partial charge in [-0.2, -0.15) is 0 Å². The molecule has 0 saturated carbocycles. The van der Waals surface area contributed by atoms with Gasteiger partial charge in [-0.3, -0.25) is 0 Å². The van der Waals surface area contributed by atoms with Gasteiger partial charge in [0.05, 0.1) is 5.69 Å². The summed E-state index contributed by atoms with van der Waals surface area (Å²) in [5.74, 6) is 0. The Kier molecular flexibility index (Phi) is 4.17. The quantitative estimate of drug-likeness (QED) is 0.857. The van der Waals surface area contributed by atoms with Crippen LogP contribution < -0.4 is 10.6 Å². The molecule has 0 radical (unpaired) electrons. The number of thiocarbonyl (C=S) groups is 1. The molecule has 2 N–H and O–H groups in total. The van der Waals surface area contributed by atoms with Crippen LogP contribution in [0.1, 0.15) is 18.1 Å². The fourth-order valence-corrected chi connectivity index (χ4v) is 2.38. The van der Waals surface area contributed by atoms with Crippen LogP contribution in [0.4, 0.5) is 11.4 Å². The molecule has 0 heterocycles. The normalized spacial score (nSPS) is 10.2. The van der Waals surface area contributed by atoms with Gasteiger partial charge in [-0.15, -0.1) is 0 Å². The summed E-state index contributed by atoms with van der Waals surface area (Å²) >= 11 is 5.14. The lowest BCUT2D eigenvalue weighted by molar-refractivity contribution is 1.02. The first-order valence-corrected chi connectivity index (χ1v) is 6.77. The molecule has 3 heteroatoms. The van der Waals surface area contributed by atoms with E-state index in [0.29, 0.717) is 4.99 Å². The first kappa shape index (κ1) is 13.6. The number of aryl methyl sites for hydroxylation is 1. The molecule has 0 aliphatic heterocycles. The maximum Gasteiger partial charge on any atom is 0.106 e. The van der Waals surface area contributed by atoms with Crippen molar-refractivity contribution < 1.29 is 0 Å². The molecule has 98 valence electrons. The Morgan fingerprint density at radius 1 is 1.16 bits per heavy atom. The summed E-state index contributed by atoms with van der Waals surface area (Å²) in [6.07, 6.45) is 0. The predicted molar refractivity (Wildman–Crippen MR) is 86.2 cm³/mol. The van der Waals surface area contributed by atoms with Crippen molar-refractivity contribution in [1.82, 2.24) is 0 Å². The number of hydrogen-bond acceptors (Lipinski definition) is 2. The monoisotopic (exact) mass is 270 g/mol. The smallest absolute Gasteiger partial charge is 0.106 e. The molecular weight excluding hydrogens is 252 g/mol. The van der Waals surface area contributed by atoms with Crippen molar-refractivity contribution in [1.29, 1.82) is 0 Å². The molecule has 0 aromatic heterocycles. The number of anilines is 2. The molecule has 2 rings (SSSR count). The number of hydrogen-bond donors (Lipinski definition) is 1. The predicted octanol–water partition coefficient (Wildman–Crippen LogP) is 3.79. The van der Waals surface area contributed by atoms with Crippen LogP contribution in [0.5, 0.6) is 0 Å². The average Bonchev–Trinajstić information content (AvgIpc) is 2.40. The van der Waals surface area contributed by atoms with Crippen LogP contribution in [0, 0.1) is 6.92 Å². The minimum atomic E-state index is 0.432. The Morgan fingerprint density at radius 2 is 1.89 bits per heavy atom. The lowest BCUT2D eigenvalue weighted by Gasteiger charge is -2.26. The second-order valence-electron chi connectivity index (χ2n) is 4.46. The summed E-state index contributed by atoms with van der Waals surface area (Å²) in [5, 5.41) is 0. The summed E-state index contributed by atoms with van der Waals surface area (Å²) < 4.78 is 0. The topological polar surface area (TPSA) is 29.3 Å². The second-order valence-corrected chi connectivity index (χ2v) is 4.90. The molecule has 0 spiro atoms. The van der Waals surface area contributed by atoms with Gasteiger partial charge in [-0.05, 0) is 43.7 Å². The first-order valence-electron chi connectivity index (χ1n) is 6.36. The van der Waals surface area contributed by atoms with Gasteiger partial charge in [-0.1, -0.05) is 36.5 Å². The third-order valence-corrected chi connectivity index (χ3v) is 3.31. The zero-order valence-corrected chi connectivity index (χ0v) is 12.1. The van der Waals surface area contributed by atoms with Gasteiger partial charge in [0.2, 0.25) is 0 Å². The third kappa shape index (κ3) is 2.93. The molecule has 2 aromatic rings. The van der Waals surface area contributed by atoms with E-state index in [-0.39, 0.29) is 0 Å². The summed E-state index contributed by atoms with van der Waals surface area (Å²) in [5.41, 5.74) is 10.2. The second kappa shape index (κ2) is 5.85. The number of rotatable bonds is 4. The van der Waals surface area contributed by atoms with E-state index in [2.05, 4.69) is 49.1 Å². The third-order valence-electron chi connectivity index (χ3n) is 3.09. The van der Waals surface area contributed by atoms with Crippen LogP contribution in [0.3, 0.4) is 0 Å². The lowest BCUT2D eigenvalue weighted by atomic mass is 10.1. The molecule has 0 aliphatic carbocycles. The van der Waals surface area contributed by atoms with E-state index in [9.17, 15) is 0 Å². The summed E-state index contributed by atoms with van der Waals surface area (Å²) in [6, 6.07) is 16.4. The van der Waals surface area contributed by atoms with Gasteiger partial charge in [0.1, 0.15) is 4.99 Å². The van der Waals surface area contributed by atoms with E-state index >= 15 is 0 Å². The molecule has 0 amide bonds. The Balaban J connectivity index is 2.51. The van der Waals surface area contributed by atoms with E-state index in [4.69, 9.17) is 18.0 Å². The van der Waals surface area contributed by atoms with Crippen LogP contribution in [0.25, 0.3) is 0 Å². The molecule has 2 aromatic carbocycles.